The fourth-order valence-electron chi connectivity index (χ4n) is 4.38. The third-order valence-electron chi connectivity index (χ3n) is 5.89. The van der Waals surface area contributed by atoms with E-state index in [0.29, 0.717) is 42.6 Å². The number of nitriles is 2. The molecule has 1 aromatic carbocycles. The number of anilines is 1. The van der Waals surface area contributed by atoms with Gasteiger partial charge in [-0.3, -0.25) is 9.69 Å². The van der Waals surface area contributed by atoms with Crippen LogP contribution in [0.2, 0.25) is 0 Å². The fraction of sp³-hybridized carbons (Fsp3) is 0.526. The number of carbonyl (C=O) groups excluding carboxylic acids is 1. The molecule has 6 nitrogen and oxygen atoms in total. The second-order valence-electron chi connectivity index (χ2n) is 7.44. The predicted octanol–water partition coefficient (Wildman–Crippen LogP) is 1.53. The maximum absolute atomic E-state index is 14.3. The molecule has 0 radical (unpaired) electrons. The highest BCUT2D eigenvalue weighted by atomic mass is 19.1. The normalized spacial score (nSPS) is 31.3. The van der Waals surface area contributed by atoms with Gasteiger partial charge in [-0.05, 0) is 36.5 Å². The van der Waals surface area contributed by atoms with Gasteiger partial charge in [0.2, 0.25) is 5.91 Å². The highest BCUT2D eigenvalue weighted by Gasteiger charge is 2.56. The molecule has 27 heavy (non-hydrogen) atoms. The van der Waals surface area contributed by atoms with Gasteiger partial charge in [0.25, 0.3) is 5.79 Å². The lowest BCUT2D eigenvalue weighted by atomic mass is 10.2. The number of alkyl halides is 1. The first-order chi connectivity index (χ1) is 13.0. The highest BCUT2D eigenvalue weighted by molar-refractivity contribution is 5.79. The topological polar surface area (TPSA) is 83.2 Å². The van der Waals surface area contributed by atoms with E-state index < -0.39 is 17.5 Å². The number of halogens is 2. The number of piperidine rings is 1. The number of nitrogens with one attached hydrogen (secondary N) is 1. The van der Waals surface area contributed by atoms with Crippen molar-refractivity contribution in [1.29, 1.82) is 10.5 Å². The molecule has 3 atom stereocenters. The molecule has 1 N–H and O–H groups in total. The smallest absolute Gasteiger partial charge is 0.271 e. The number of carbonyl (C=O) groups is 1. The Kier molecular flexibility index (Phi) is 4.24. The summed E-state index contributed by atoms with van der Waals surface area (Å²) < 4.78 is 28.5. The van der Waals surface area contributed by atoms with Crippen LogP contribution in [0.3, 0.4) is 0 Å². The molecule has 1 amide bonds. The van der Waals surface area contributed by atoms with Crippen LogP contribution in [0, 0.1) is 40.3 Å². The fourth-order valence-corrected chi connectivity index (χ4v) is 4.38. The van der Waals surface area contributed by atoms with E-state index in [2.05, 4.69) is 5.32 Å². The summed E-state index contributed by atoms with van der Waals surface area (Å²) in [5.41, 5.74) is 0.784. The lowest BCUT2D eigenvalue weighted by Crippen LogP contribution is -2.47. The Morgan fingerprint density at radius 2 is 2.07 bits per heavy atom. The maximum atomic E-state index is 14.3. The van der Waals surface area contributed by atoms with E-state index in [4.69, 9.17) is 10.5 Å². The molecule has 4 rings (SSSR count). The van der Waals surface area contributed by atoms with Gasteiger partial charge in [-0.15, -0.1) is 0 Å². The van der Waals surface area contributed by atoms with Gasteiger partial charge >= 0.3 is 0 Å². The molecule has 140 valence electrons. The molecule has 3 unspecified atom stereocenters. The van der Waals surface area contributed by atoms with Crippen molar-refractivity contribution in [3.63, 3.8) is 0 Å². The van der Waals surface area contributed by atoms with Gasteiger partial charge in [0.1, 0.15) is 11.9 Å². The van der Waals surface area contributed by atoms with Gasteiger partial charge in [-0.25, -0.2) is 8.78 Å². The van der Waals surface area contributed by atoms with Crippen molar-refractivity contribution < 1.29 is 13.6 Å². The van der Waals surface area contributed by atoms with E-state index >= 15 is 0 Å². The highest BCUT2D eigenvalue weighted by Crippen LogP contribution is 2.47. The van der Waals surface area contributed by atoms with Crippen molar-refractivity contribution in [2.45, 2.75) is 24.7 Å². The van der Waals surface area contributed by atoms with Crippen LogP contribution in [0.15, 0.2) is 18.2 Å². The van der Waals surface area contributed by atoms with E-state index in [9.17, 15) is 13.6 Å². The van der Waals surface area contributed by atoms with Gasteiger partial charge in [0.05, 0.1) is 23.9 Å². The zero-order chi connectivity index (χ0) is 19.2. The lowest BCUT2D eigenvalue weighted by Gasteiger charge is -2.26. The largest absolute Gasteiger partial charge is 0.368 e. The van der Waals surface area contributed by atoms with Crippen molar-refractivity contribution in [3.05, 3.63) is 29.6 Å². The molecule has 1 saturated carbocycles. The molecule has 2 aliphatic heterocycles. The summed E-state index contributed by atoms with van der Waals surface area (Å²) in [6, 6.07) is 8.14. The molecule has 0 bridgehead atoms. The average Bonchev–Trinajstić information content (AvgIpc) is 3.00. The van der Waals surface area contributed by atoms with E-state index in [1.165, 1.54) is 6.07 Å². The van der Waals surface area contributed by atoms with E-state index in [0.717, 1.165) is 4.90 Å². The van der Waals surface area contributed by atoms with Gasteiger partial charge in [0.15, 0.2) is 0 Å². The molecule has 0 spiro atoms. The number of likely N-dealkylation sites (tertiary alicyclic amines) is 1. The standard InChI is InChI=1S/C19H19F2N5O/c20-15-6-12(7-22)2-3-16(15)25-9-13-14(10-25)18(13)24-8-17(27)26-5-1-4-19(26,21)11-23/h2-3,6,13-14,18,24H,1,4-5,8-10H2. The summed E-state index contributed by atoms with van der Waals surface area (Å²) in [7, 11) is 0. The van der Waals surface area contributed by atoms with Crippen LogP contribution < -0.4 is 10.2 Å². The first kappa shape index (κ1) is 17.7. The van der Waals surface area contributed by atoms with E-state index in [-0.39, 0.29) is 25.6 Å². The predicted molar refractivity (Wildman–Crippen MR) is 92.5 cm³/mol. The molecule has 3 fully saturated rings. The molecule has 0 aromatic heterocycles. The first-order valence-corrected chi connectivity index (χ1v) is 9.05. The van der Waals surface area contributed by atoms with Crippen molar-refractivity contribution in [2.75, 3.05) is 31.1 Å². The summed E-state index contributed by atoms with van der Waals surface area (Å²) in [4.78, 5) is 15.2. The van der Waals surface area contributed by atoms with Crippen molar-refractivity contribution in [2.24, 2.45) is 11.8 Å². The van der Waals surface area contributed by atoms with Crippen molar-refractivity contribution in [3.8, 4) is 12.1 Å². The minimum atomic E-state index is -2.18. The number of hydrogen-bond acceptors (Lipinski definition) is 5. The van der Waals surface area contributed by atoms with E-state index in [1.807, 2.05) is 11.0 Å². The van der Waals surface area contributed by atoms with Crippen LogP contribution >= 0.6 is 0 Å². The second kappa shape index (κ2) is 6.47. The van der Waals surface area contributed by atoms with Gasteiger partial charge in [-0.1, -0.05) is 0 Å². The summed E-state index contributed by atoms with van der Waals surface area (Å²) in [6.45, 7) is 1.63. The molecule has 3 aliphatic rings. The zero-order valence-corrected chi connectivity index (χ0v) is 14.7. The monoisotopic (exact) mass is 371 g/mol. The van der Waals surface area contributed by atoms with Crippen LogP contribution in [-0.4, -0.2) is 48.8 Å². The minimum absolute atomic E-state index is 0.0102. The number of benzene rings is 1. The van der Waals surface area contributed by atoms with Crippen LogP contribution in [-0.2, 0) is 4.79 Å². The quantitative estimate of drug-likeness (QED) is 0.812. The Balaban J connectivity index is 1.29. The molecule has 2 heterocycles. The average molecular weight is 371 g/mol. The van der Waals surface area contributed by atoms with Crippen LogP contribution in [0.1, 0.15) is 18.4 Å². The lowest BCUT2D eigenvalue weighted by molar-refractivity contribution is -0.137. The van der Waals surface area contributed by atoms with Crippen molar-refractivity contribution in [1.82, 2.24) is 10.2 Å². The number of nitrogens with zero attached hydrogens (tertiary/aromatic N) is 4. The summed E-state index contributed by atoms with van der Waals surface area (Å²) >= 11 is 0. The van der Waals surface area contributed by atoms with E-state index in [1.54, 1.807) is 18.2 Å². The number of amides is 1. The summed E-state index contributed by atoms with van der Waals surface area (Å²) in [5.74, 6) is -2.34. The van der Waals surface area contributed by atoms with Crippen LogP contribution in [0.4, 0.5) is 14.5 Å². The summed E-state index contributed by atoms with van der Waals surface area (Å²) in [5, 5.41) is 21.0. The Labute approximate surface area is 156 Å². The Bertz CT molecular complexity index is 851. The molecule has 2 saturated heterocycles. The molecule has 8 heteroatoms. The van der Waals surface area contributed by atoms with Crippen LogP contribution in [0.25, 0.3) is 0 Å². The second-order valence-corrected chi connectivity index (χ2v) is 7.44. The number of rotatable bonds is 4. The third kappa shape index (κ3) is 3.00. The number of fused-ring (bicyclic) bond motifs is 1. The van der Waals surface area contributed by atoms with Crippen molar-refractivity contribution >= 4 is 11.6 Å². The minimum Gasteiger partial charge on any atom is -0.368 e. The van der Waals surface area contributed by atoms with Gasteiger partial charge in [-0.2, -0.15) is 10.5 Å². The Hall–Kier alpha value is -2.71. The molecule has 1 aliphatic carbocycles. The zero-order valence-electron chi connectivity index (χ0n) is 14.7. The van der Waals surface area contributed by atoms with Gasteiger partial charge < -0.3 is 10.2 Å². The molecule has 1 aromatic rings. The molecular formula is C19H19F2N5O. The SMILES string of the molecule is N#Cc1ccc(N2CC3C(C2)C3NCC(=O)N2CCCC2(F)C#N)c(F)c1. The number of hydrogen-bond donors (Lipinski definition) is 1. The molecular weight excluding hydrogens is 352 g/mol. The maximum Gasteiger partial charge on any atom is 0.271 e. The summed E-state index contributed by atoms with van der Waals surface area (Å²) in [6.07, 6.45) is 0.560. The Morgan fingerprint density at radius 3 is 2.70 bits per heavy atom. The van der Waals surface area contributed by atoms with Crippen LogP contribution in [0.5, 0.6) is 0 Å². The van der Waals surface area contributed by atoms with Gasteiger partial charge in [0, 0.05) is 32.1 Å². The third-order valence-corrected chi connectivity index (χ3v) is 5.89. The Morgan fingerprint density at radius 1 is 1.33 bits per heavy atom. The first-order valence-electron chi connectivity index (χ1n) is 9.05.